The van der Waals surface area contributed by atoms with Crippen molar-refractivity contribution in [3.63, 3.8) is 0 Å². The predicted octanol–water partition coefficient (Wildman–Crippen LogP) is 2.06. The van der Waals surface area contributed by atoms with E-state index in [1.54, 1.807) is 18.2 Å². The lowest BCUT2D eigenvalue weighted by molar-refractivity contribution is -0.121. The van der Waals surface area contributed by atoms with Crippen LogP contribution in [0.3, 0.4) is 0 Å². The van der Waals surface area contributed by atoms with Gasteiger partial charge in [0, 0.05) is 0 Å². The first-order valence-electron chi connectivity index (χ1n) is 6.43. The zero-order chi connectivity index (χ0) is 13.5. The highest BCUT2D eigenvalue weighted by Crippen LogP contribution is 2.40. The summed E-state index contributed by atoms with van der Waals surface area (Å²) in [6.07, 6.45) is 3.23. The summed E-state index contributed by atoms with van der Waals surface area (Å²) in [4.78, 5) is 25.7. The van der Waals surface area contributed by atoms with Crippen molar-refractivity contribution in [2.24, 2.45) is 0 Å². The SMILES string of the molecule is COc1ccccc1N1C(=O)CC2(CCC2)NC1=O. The van der Waals surface area contributed by atoms with Gasteiger partial charge in [0.25, 0.3) is 0 Å². The summed E-state index contributed by atoms with van der Waals surface area (Å²) in [6, 6.07) is 6.70. The second-order valence-corrected chi connectivity index (χ2v) is 5.14. The van der Waals surface area contributed by atoms with Crippen LogP contribution in [0.25, 0.3) is 0 Å². The second-order valence-electron chi connectivity index (χ2n) is 5.14. The number of urea groups is 1. The van der Waals surface area contributed by atoms with Crippen LogP contribution in [-0.4, -0.2) is 24.6 Å². The maximum atomic E-state index is 12.3. The number of rotatable bonds is 2. The maximum Gasteiger partial charge on any atom is 0.329 e. The lowest BCUT2D eigenvalue weighted by Gasteiger charge is -2.47. The third kappa shape index (κ3) is 1.85. The molecule has 5 heteroatoms. The third-order valence-electron chi connectivity index (χ3n) is 3.95. The summed E-state index contributed by atoms with van der Waals surface area (Å²) < 4.78 is 5.21. The Labute approximate surface area is 111 Å². The van der Waals surface area contributed by atoms with Crippen LogP contribution in [0.2, 0.25) is 0 Å². The van der Waals surface area contributed by atoms with Crippen LogP contribution >= 0.6 is 0 Å². The van der Waals surface area contributed by atoms with E-state index >= 15 is 0 Å². The number of benzene rings is 1. The molecule has 1 aliphatic heterocycles. The van der Waals surface area contributed by atoms with E-state index in [0.717, 1.165) is 19.3 Å². The molecule has 0 unspecified atom stereocenters. The molecule has 1 saturated carbocycles. The summed E-state index contributed by atoms with van der Waals surface area (Å²) >= 11 is 0. The van der Waals surface area contributed by atoms with Crippen LogP contribution in [0.5, 0.6) is 5.75 Å². The molecule has 1 aromatic rings. The molecular weight excluding hydrogens is 244 g/mol. The van der Waals surface area contributed by atoms with Gasteiger partial charge >= 0.3 is 6.03 Å². The second kappa shape index (κ2) is 4.26. The van der Waals surface area contributed by atoms with Crippen molar-refractivity contribution >= 4 is 17.6 Å². The number of imide groups is 1. The van der Waals surface area contributed by atoms with Gasteiger partial charge in [-0.1, -0.05) is 12.1 Å². The van der Waals surface area contributed by atoms with Gasteiger partial charge in [-0.2, -0.15) is 0 Å². The monoisotopic (exact) mass is 260 g/mol. The first-order chi connectivity index (χ1) is 9.15. The van der Waals surface area contributed by atoms with E-state index < -0.39 is 0 Å². The Morgan fingerprint density at radius 2 is 2.00 bits per heavy atom. The normalized spacial score (nSPS) is 21.0. The third-order valence-corrected chi connectivity index (χ3v) is 3.95. The van der Waals surface area contributed by atoms with E-state index in [0.29, 0.717) is 17.9 Å². The fourth-order valence-electron chi connectivity index (χ4n) is 2.77. The molecular formula is C14H16N2O3. The zero-order valence-corrected chi connectivity index (χ0v) is 10.8. The molecule has 1 aromatic carbocycles. The molecule has 100 valence electrons. The molecule has 3 rings (SSSR count). The number of hydrogen-bond donors (Lipinski definition) is 1. The Kier molecular flexibility index (Phi) is 2.69. The van der Waals surface area contributed by atoms with Crippen LogP contribution in [0.1, 0.15) is 25.7 Å². The van der Waals surface area contributed by atoms with Gasteiger partial charge < -0.3 is 10.1 Å². The molecule has 3 amide bonds. The Morgan fingerprint density at radius 3 is 2.58 bits per heavy atom. The van der Waals surface area contributed by atoms with Gasteiger partial charge in [-0.05, 0) is 31.4 Å². The van der Waals surface area contributed by atoms with Crippen molar-refractivity contribution in [1.82, 2.24) is 5.32 Å². The minimum atomic E-state index is -0.347. The van der Waals surface area contributed by atoms with E-state index in [1.807, 2.05) is 6.07 Å². The summed E-state index contributed by atoms with van der Waals surface area (Å²) in [5.41, 5.74) is 0.217. The summed E-state index contributed by atoms with van der Waals surface area (Å²) in [6.45, 7) is 0. The first kappa shape index (κ1) is 12.0. The first-order valence-corrected chi connectivity index (χ1v) is 6.43. The molecule has 1 aliphatic carbocycles. The van der Waals surface area contributed by atoms with Gasteiger partial charge in [0.05, 0.1) is 24.8 Å². The van der Waals surface area contributed by atoms with Gasteiger partial charge in [-0.15, -0.1) is 0 Å². The van der Waals surface area contributed by atoms with Crippen molar-refractivity contribution in [3.05, 3.63) is 24.3 Å². The van der Waals surface area contributed by atoms with Gasteiger partial charge in [0.2, 0.25) is 5.91 Å². The van der Waals surface area contributed by atoms with Gasteiger partial charge in [0.15, 0.2) is 0 Å². The number of hydrogen-bond acceptors (Lipinski definition) is 3. The highest BCUT2D eigenvalue weighted by atomic mass is 16.5. The predicted molar refractivity (Wildman–Crippen MR) is 70.2 cm³/mol. The van der Waals surface area contributed by atoms with E-state index in [2.05, 4.69) is 5.32 Å². The summed E-state index contributed by atoms with van der Waals surface area (Å²) in [7, 11) is 1.53. The van der Waals surface area contributed by atoms with E-state index in [9.17, 15) is 9.59 Å². The fourth-order valence-corrected chi connectivity index (χ4v) is 2.77. The molecule has 0 radical (unpaired) electrons. The standard InChI is InChI=1S/C14H16N2O3/c1-19-11-6-3-2-5-10(11)16-12(17)9-14(7-4-8-14)15-13(16)18/h2-3,5-6H,4,7-9H2,1H3,(H,15,18). The molecule has 2 aliphatic rings. The van der Waals surface area contributed by atoms with Crippen molar-refractivity contribution in [1.29, 1.82) is 0 Å². The van der Waals surface area contributed by atoms with Crippen LogP contribution < -0.4 is 15.0 Å². The molecule has 1 saturated heterocycles. The quantitative estimate of drug-likeness (QED) is 0.885. The topological polar surface area (TPSA) is 58.6 Å². The number of nitrogens with one attached hydrogen (secondary N) is 1. The number of carbonyl (C=O) groups excluding carboxylic acids is 2. The van der Waals surface area contributed by atoms with Crippen molar-refractivity contribution in [2.75, 3.05) is 12.0 Å². The van der Waals surface area contributed by atoms with E-state index in [4.69, 9.17) is 4.74 Å². The molecule has 5 nitrogen and oxygen atoms in total. The van der Waals surface area contributed by atoms with Gasteiger partial charge in [-0.3, -0.25) is 4.79 Å². The van der Waals surface area contributed by atoms with Crippen LogP contribution in [0.4, 0.5) is 10.5 Å². The fraction of sp³-hybridized carbons (Fsp3) is 0.429. The number of para-hydroxylation sites is 2. The van der Waals surface area contributed by atoms with Crippen LogP contribution in [-0.2, 0) is 4.79 Å². The van der Waals surface area contributed by atoms with E-state index in [1.165, 1.54) is 12.0 Å². The Bertz CT molecular complexity index is 517. The maximum absolute atomic E-state index is 12.3. The highest BCUT2D eigenvalue weighted by molar-refractivity contribution is 6.17. The smallest absolute Gasteiger partial charge is 0.329 e. The molecule has 19 heavy (non-hydrogen) atoms. The number of amides is 3. The number of carbonyl (C=O) groups is 2. The van der Waals surface area contributed by atoms with Crippen molar-refractivity contribution in [2.45, 2.75) is 31.2 Å². The molecule has 1 spiro atoms. The number of ether oxygens (including phenoxy) is 1. The van der Waals surface area contributed by atoms with Crippen LogP contribution in [0, 0.1) is 0 Å². The molecule has 0 bridgehead atoms. The zero-order valence-electron chi connectivity index (χ0n) is 10.8. The Balaban J connectivity index is 1.92. The largest absolute Gasteiger partial charge is 0.495 e. The summed E-state index contributed by atoms with van der Waals surface area (Å²) in [5.74, 6) is 0.364. The lowest BCUT2D eigenvalue weighted by Crippen LogP contribution is -2.65. The van der Waals surface area contributed by atoms with E-state index in [-0.39, 0.29) is 17.5 Å². The number of anilines is 1. The molecule has 1 N–H and O–H groups in total. The molecule has 2 fully saturated rings. The lowest BCUT2D eigenvalue weighted by atomic mass is 9.73. The van der Waals surface area contributed by atoms with Crippen LogP contribution in [0.15, 0.2) is 24.3 Å². The minimum Gasteiger partial charge on any atom is -0.495 e. The number of nitrogens with zero attached hydrogens (tertiary/aromatic N) is 1. The van der Waals surface area contributed by atoms with Crippen molar-refractivity contribution in [3.8, 4) is 5.75 Å². The average Bonchev–Trinajstić information content (AvgIpc) is 2.36. The Morgan fingerprint density at radius 1 is 1.26 bits per heavy atom. The highest BCUT2D eigenvalue weighted by Gasteiger charge is 2.47. The molecule has 0 atom stereocenters. The Hall–Kier alpha value is -2.04. The number of methoxy groups -OCH3 is 1. The van der Waals surface area contributed by atoms with Crippen molar-refractivity contribution < 1.29 is 14.3 Å². The summed E-state index contributed by atoms with van der Waals surface area (Å²) in [5, 5.41) is 2.97. The average molecular weight is 260 g/mol. The molecule has 1 heterocycles. The van der Waals surface area contributed by atoms with Gasteiger partial charge in [0.1, 0.15) is 5.75 Å². The minimum absolute atomic E-state index is 0.159. The molecule has 0 aromatic heterocycles. The van der Waals surface area contributed by atoms with Gasteiger partial charge in [-0.25, -0.2) is 9.69 Å².